The first kappa shape index (κ1) is 15.0. The van der Waals surface area contributed by atoms with Crippen LogP contribution in [0.25, 0.3) is 0 Å². The first-order chi connectivity index (χ1) is 9.65. The summed E-state index contributed by atoms with van der Waals surface area (Å²) in [6.45, 7) is 6.79. The van der Waals surface area contributed by atoms with E-state index in [2.05, 4.69) is 46.4 Å². The number of rotatable bonds is 5. The van der Waals surface area contributed by atoms with Gasteiger partial charge in [-0.1, -0.05) is 20.3 Å². The van der Waals surface area contributed by atoms with Gasteiger partial charge in [0.25, 0.3) is 0 Å². The lowest BCUT2D eigenvalue weighted by Crippen LogP contribution is -2.43. The van der Waals surface area contributed by atoms with Crippen LogP contribution in [0.4, 0.5) is 11.6 Å². The van der Waals surface area contributed by atoms with Crippen LogP contribution in [0.2, 0.25) is 0 Å². The molecule has 0 spiro atoms. The molecule has 0 aromatic carbocycles. The Bertz CT molecular complexity index is 434. The van der Waals surface area contributed by atoms with Gasteiger partial charge in [0.05, 0.1) is 0 Å². The predicted octanol–water partition coefficient (Wildman–Crippen LogP) is 2.22. The van der Waals surface area contributed by atoms with Crippen molar-refractivity contribution >= 4 is 11.6 Å². The number of nitrogens with one attached hydrogen (secondary N) is 2. The lowest BCUT2D eigenvalue weighted by molar-refractivity contribution is 0.206. The van der Waals surface area contributed by atoms with Crippen molar-refractivity contribution in [3.05, 3.63) is 11.9 Å². The van der Waals surface area contributed by atoms with Crippen LogP contribution >= 0.6 is 0 Å². The van der Waals surface area contributed by atoms with Crippen LogP contribution in [0.3, 0.4) is 0 Å². The summed E-state index contributed by atoms with van der Waals surface area (Å²) < 4.78 is 0. The van der Waals surface area contributed by atoms with E-state index in [-0.39, 0.29) is 0 Å². The normalized spacial score (nSPS) is 23.6. The molecule has 2 atom stereocenters. The SMILES string of the molecule is CCCc1c(NC)ncnc1NC1CCN(C)CC1C. The highest BCUT2D eigenvalue weighted by Crippen LogP contribution is 2.25. The quantitative estimate of drug-likeness (QED) is 0.864. The van der Waals surface area contributed by atoms with Gasteiger partial charge in [0, 0.05) is 25.2 Å². The van der Waals surface area contributed by atoms with Gasteiger partial charge >= 0.3 is 0 Å². The van der Waals surface area contributed by atoms with Crippen molar-refractivity contribution in [3.63, 3.8) is 0 Å². The molecule has 2 N–H and O–H groups in total. The molecule has 20 heavy (non-hydrogen) atoms. The summed E-state index contributed by atoms with van der Waals surface area (Å²) in [6, 6.07) is 0.501. The molecule has 0 bridgehead atoms. The third-order valence-electron chi connectivity index (χ3n) is 4.11. The first-order valence-electron chi connectivity index (χ1n) is 7.62. The van der Waals surface area contributed by atoms with Gasteiger partial charge in [0.1, 0.15) is 18.0 Å². The average Bonchev–Trinajstić information content (AvgIpc) is 2.43. The molecule has 0 saturated carbocycles. The molecule has 1 aliphatic heterocycles. The van der Waals surface area contributed by atoms with E-state index in [1.54, 1.807) is 6.33 Å². The lowest BCUT2D eigenvalue weighted by atomic mass is 9.94. The van der Waals surface area contributed by atoms with Crippen molar-refractivity contribution < 1.29 is 0 Å². The van der Waals surface area contributed by atoms with Crippen LogP contribution in [0.1, 0.15) is 32.3 Å². The van der Waals surface area contributed by atoms with Crippen molar-refractivity contribution in [3.8, 4) is 0 Å². The fourth-order valence-electron chi connectivity index (χ4n) is 2.98. The van der Waals surface area contributed by atoms with Gasteiger partial charge in [-0.15, -0.1) is 0 Å². The van der Waals surface area contributed by atoms with E-state index in [0.717, 1.165) is 37.6 Å². The molecular weight excluding hydrogens is 250 g/mol. The summed E-state index contributed by atoms with van der Waals surface area (Å²) in [6.07, 6.45) is 4.91. The fraction of sp³-hybridized carbons (Fsp3) is 0.733. The number of anilines is 2. The molecule has 1 aromatic rings. The molecule has 2 unspecified atom stereocenters. The molecule has 5 heteroatoms. The molecular formula is C15H27N5. The van der Waals surface area contributed by atoms with E-state index in [1.807, 2.05) is 7.05 Å². The highest BCUT2D eigenvalue weighted by Gasteiger charge is 2.25. The topological polar surface area (TPSA) is 53.1 Å². The highest BCUT2D eigenvalue weighted by molar-refractivity contribution is 5.57. The molecule has 112 valence electrons. The van der Waals surface area contributed by atoms with Gasteiger partial charge in [-0.2, -0.15) is 0 Å². The summed E-state index contributed by atoms with van der Waals surface area (Å²) >= 11 is 0. The molecule has 1 fully saturated rings. The van der Waals surface area contributed by atoms with E-state index in [1.165, 1.54) is 12.0 Å². The fourth-order valence-corrected chi connectivity index (χ4v) is 2.98. The van der Waals surface area contributed by atoms with Crippen molar-refractivity contribution in [1.82, 2.24) is 14.9 Å². The number of hydrogen-bond donors (Lipinski definition) is 2. The maximum absolute atomic E-state index is 4.48. The van der Waals surface area contributed by atoms with Crippen LogP contribution in [0, 0.1) is 5.92 Å². The van der Waals surface area contributed by atoms with Gasteiger partial charge in [-0.3, -0.25) is 0 Å². The molecule has 2 heterocycles. The van der Waals surface area contributed by atoms with Crippen molar-refractivity contribution in [2.45, 2.75) is 39.2 Å². The standard InChI is InChI=1S/C15H27N5/c1-5-6-12-14(16-3)17-10-18-15(12)19-13-7-8-20(4)9-11(13)2/h10-11,13H,5-9H2,1-4H3,(H2,16,17,18,19). The maximum atomic E-state index is 4.48. The molecule has 2 rings (SSSR count). The summed E-state index contributed by atoms with van der Waals surface area (Å²) in [7, 11) is 4.11. The van der Waals surface area contributed by atoms with E-state index in [9.17, 15) is 0 Å². The molecule has 0 aliphatic carbocycles. The second-order valence-electron chi connectivity index (χ2n) is 5.83. The Hall–Kier alpha value is -1.36. The van der Waals surface area contributed by atoms with Crippen molar-refractivity contribution in [1.29, 1.82) is 0 Å². The Morgan fingerprint density at radius 3 is 2.75 bits per heavy atom. The number of hydrogen-bond acceptors (Lipinski definition) is 5. The smallest absolute Gasteiger partial charge is 0.134 e. The zero-order chi connectivity index (χ0) is 14.5. The monoisotopic (exact) mass is 277 g/mol. The van der Waals surface area contributed by atoms with Crippen LogP contribution in [-0.4, -0.2) is 48.1 Å². The van der Waals surface area contributed by atoms with Crippen LogP contribution in [0.15, 0.2) is 6.33 Å². The molecule has 0 amide bonds. The number of likely N-dealkylation sites (tertiary alicyclic amines) is 1. The first-order valence-corrected chi connectivity index (χ1v) is 7.62. The van der Waals surface area contributed by atoms with E-state index < -0.39 is 0 Å². The van der Waals surface area contributed by atoms with Gasteiger partial charge < -0.3 is 15.5 Å². The van der Waals surface area contributed by atoms with E-state index >= 15 is 0 Å². The Kier molecular flexibility index (Phi) is 5.17. The Balaban J connectivity index is 2.16. The number of nitrogens with zero attached hydrogens (tertiary/aromatic N) is 3. The minimum Gasteiger partial charge on any atom is -0.373 e. The largest absolute Gasteiger partial charge is 0.373 e. The zero-order valence-corrected chi connectivity index (χ0v) is 13.1. The van der Waals surface area contributed by atoms with Gasteiger partial charge in [0.2, 0.25) is 0 Å². The zero-order valence-electron chi connectivity index (χ0n) is 13.1. The summed E-state index contributed by atoms with van der Waals surface area (Å²) in [5.74, 6) is 2.59. The second-order valence-corrected chi connectivity index (χ2v) is 5.83. The number of aromatic nitrogens is 2. The number of piperidine rings is 1. The van der Waals surface area contributed by atoms with Gasteiger partial charge in [-0.25, -0.2) is 9.97 Å². The van der Waals surface area contributed by atoms with Crippen LogP contribution < -0.4 is 10.6 Å². The average molecular weight is 277 g/mol. The lowest BCUT2D eigenvalue weighted by Gasteiger charge is -2.35. The van der Waals surface area contributed by atoms with Crippen molar-refractivity contribution in [2.24, 2.45) is 5.92 Å². The van der Waals surface area contributed by atoms with E-state index in [0.29, 0.717) is 12.0 Å². The van der Waals surface area contributed by atoms with E-state index in [4.69, 9.17) is 0 Å². The van der Waals surface area contributed by atoms with Crippen LogP contribution in [0.5, 0.6) is 0 Å². The molecule has 1 aliphatic rings. The summed E-state index contributed by atoms with van der Waals surface area (Å²) in [5, 5.41) is 6.84. The highest BCUT2D eigenvalue weighted by atomic mass is 15.1. The van der Waals surface area contributed by atoms with Gasteiger partial charge in [0.15, 0.2) is 0 Å². The third kappa shape index (κ3) is 3.39. The molecule has 1 saturated heterocycles. The molecule has 0 radical (unpaired) electrons. The maximum Gasteiger partial charge on any atom is 0.134 e. The third-order valence-corrected chi connectivity index (χ3v) is 4.11. The minimum absolute atomic E-state index is 0.501. The van der Waals surface area contributed by atoms with Gasteiger partial charge in [-0.05, 0) is 32.4 Å². The summed E-state index contributed by atoms with van der Waals surface area (Å²) in [5.41, 5.74) is 1.21. The second kappa shape index (κ2) is 6.88. The minimum atomic E-state index is 0.501. The summed E-state index contributed by atoms with van der Waals surface area (Å²) in [4.78, 5) is 11.2. The predicted molar refractivity (Wildman–Crippen MR) is 84.3 cm³/mol. The Morgan fingerprint density at radius 1 is 1.35 bits per heavy atom. The molecule has 5 nitrogen and oxygen atoms in total. The van der Waals surface area contributed by atoms with Crippen LogP contribution in [-0.2, 0) is 6.42 Å². The van der Waals surface area contributed by atoms with Crippen molar-refractivity contribution in [2.75, 3.05) is 37.8 Å². The Morgan fingerprint density at radius 2 is 2.10 bits per heavy atom. The Labute approximate surface area is 122 Å². The molecule has 1 aromatic heterocycles.